The van der Waals surface area contributed by atoms with Gasteiger partial charge in [0.2, 0.25) is 0 Å². The Morgan fingerprint density at radius 1 is 1.11 bits per heavy atom. The second-order valence-corrected chi connectivity index (χ2v) is 4.84. The Hall–Kier alpha value is -2.01. The lowest BCUT2D eigenvalue weighted by Gasteiger charge is -2.05. The van der Waals surface area contributed by atoms with Crippen LogP contribution >= 0.6 is 15.9 Å². The number of rotatable bonds is 4. The standard InChI is InChI=1S/C14H11BrN2O2/c15-12-5-6-18-14(12)8-17-11-3-1-10(2-4-11)13-7-16-9-19-13/h1-7,9,17H,8H2. The largest absolute Gasteiger partial charge is 0.466 e. The highest BCUT2D eigenvalue weighted by Gasteiger charge is 2.04. The minimum atomic E-state index is 0.634. The van der Waals surface area contributed by atoms with Crippen LogP contribution in [-0.4, -0.2) is 4.98 Å². The molecule has 0 aliphatic rings. The molecule has 0 aliphatic heterocycles. The Morgan fingerprint density at radius 3 is 2.58 bits per heavy atom. The van der Waals surface area contributed by atoms with Gasteiger partial charge in [-0.05, 0) is 46.3 Å². The fourth-order valence-electron chi connectivity index (χ4n) is 1.74. The van der Waals surface area contributed by atoms with Gasteiger partial charge in [-0.1, -0.05) is 0 Å². The van der Waals surface area contributed by atoms with Crippen molar-refractivity contribution in [3.8, 4) is 11.3 Å². The first-order valence-electron chi connectivity index (χ1n) is 5.77. The smallest absolute Gasteiger partial charge is 0.181 e. The molecule has 0 fully saturated rings. The second kappa shape index (κ2) is 5.32. The van der Waals surface area contributed by atoms with Crippen molar-refractivity contribution in [3.63, 3.8) is 0 Å². The zero-order valence-electron chi connectivity index (χ0n) is 9.97. The van der Waals surface area contributed by atoms with E-state index >= 15 is 0 Å². The molecule has 1 aromatic carbocycles. The van der Waals surface area contributed by atoms with Crippen molar-refractivity contribution in [2.45, 2.75) is 6.54 Å². The van der Waals surface area contributed by atoms with E-state index in [4.69, 9.17) is 8.83 Å². The summed E-state index contributed by atoms with van der Waals surface area (Å²) in [4.78, 5) is 3.90. The van der Waals surface area contributed by atoms with E-state index in [0.29, 0.717) is 6.54 Å². The zero-order valence-corrected chi connectivity index (χ0v) is 11.6. The number of nitrogens with one attached hydrogen (secondary N) is 1. The summed E-state index contributed by atoms with van der Waals surface area (Å²) in [6.07, 6.45) is 4.78. The average Bonchev–Trinajstić information content (AvgIpc) is 3.09. The lowest BCUT2D eigenvalue weighted by molar-refractivity contribution is 0.516. The van der Waals surface area contributed by atoms with Gasteiger partial charge < -0.3 is 14.2 Å². The number of hydrogen-bond donors (Lipinski definition) is 1. The number of oxazole rings is 1. The molecule has 2 aromatic heterocycles. The number of halogens is 1. The molecule has 4 nitrogen and oxygen atoms in total. The summed E-state index contributed by atoms with van der Waals surface area (Å²) >= 11 is 3.42. The van der Waals surface area contributed by atoms with Crippen LogP contribution < -0.4 is 5.32 Å². The van der Waals surface area contributed by atoms with Crippen molar-refractivity contribution in [2.24, 2.45) is 0 Å². The first-order valence-corrected chi connectivity index (χ1v) is 6.57. The summed E-state index contributed by atoms with van der Waals surface area (Å²) < 4.78 is 11.5. The fraction of sp³-hybridized carbons (Fsp3) is 0.0714. The minimum Gasteiger partial charge on any atom is -0.466 e. The third-order valence-corrected chi connectivity index (χ3v) is 3.45. The molecule has 0 unspecified atom stereocenters. The van der Waals surface area contributed by atoms with Crippen LogP contribution in [0.2, 0.25) is 0 Å². The van der Waals surface area contributed by atoms with Crippen molar-refractivity contribution in [2.75, 3.05) is 5.32 Å². The van der Waals surface area contributed by atoms with Crippen molar-refractivity contribution < 1.29 is 8.83 Å². The van der Waals surface area contributed by atoms with Gasteiger partial charge in [0.15, 0.2) is 12.2 Å². The number of hydrogen-bond acceptors (Lipinski definition) is 4. The number of anilines is 1. The van der Waals surface area contributed by atoms with Crippen molar-refractivity contribution in [1.29, 1.82) is 0 Å². The Morgan fingerprint density at radius 2 is 1.95 bits per heavy atom. The molecule has 5 heteroatoms. The summed E-state index contributed by atoms with van der Waals surface area (Å²) in [5, 5.41) is 3.29. The van der Waals surface area contributed by atoms with Gasteiger partial charge >= 0.3 is 0 Å². The van der Waals surface area contributed by atoms with E-state index in [2.05, 4.69) is 26.2 Å². The number of aromatic nitrogens is 1. The third kappa shape index (κ3) is 2.71. The fourth-order valence-corrected chi connectivity index (χ4v) is 2.09. The molecule has 19 heavy (non-hydrogen) atoms. The van der Waals surface area contributed by atoms with Crippen molar-refractivity contribution in [1.82, 2.24) is 4.98 Å². The molecule has 0 aliphatic carbocycles. The summed E-state index contributed by atoms with van der Waals surface area (Å²) in [5.41, 5.74) is 2.02. The van der Waals surface area contributed by atoms with Crippen LogP contribution in [0.15, 0.2) is 62.5 Å². The zero-order chi connectivity index (χ0) is 13.1. The first-order chi connectivity index (χ1) is 9.33. The predicted molar refractivity (Wildman–Crippen MR) is 75.7 cm³/mol. The van der Waals surface area contributed by atoms with Crippen LogP contribution in [0.5, 0.6) is 0 Å². The summed E-state index contributed by atoms with van der Waals surface area (Å²) in [6, 6.07) is 9.84. The van der Waals surface area contributed by atoms with Crippen LogP contribution in [0.25, 0.3) is 11.3 Å². The van der Waals surface area contributed by atoms with Crippen LogP contribution in [0, 0.1) is 0 Å². The highest BCUT2D eigenvalue weighted by Crippen LogP contribution is 2.22. The highest BCUT2D eigenvalue weighted by molar-refractivity contribution is 9.10. The van der Waals surface area contributed by atoms with Crippen LogP contribution in [0.4, 0.5) is 5.69 Å². The van der Waals surface area contributed by atoms with E-state index in [9.17, 15) is 0 Å². The van der Waals surface area contributed by atoms with E-state index < -0.39 is 0 Å². The topological polar surface area (TPSA) is 51.2 Å². The molecule has 0 amide bonds. The van der Waals surface area contributed by atoms with Gasteiger partial charge in [-0.2, -0.15) is 0 Å². The second-order valence-electron chi connectivity index (χ2n) is 3.99. The molecule has 0 saturated carbocycles. The number of furan rings is 1. The maximum Gasteiger partial charge on any atom is 0.181 e. The van der Waals surface area contributed by atoms with Gasteiger partial charge in [0.1, 0.15) is 5.76 Å². The molecule has 0 saturated heterocycles. The highest BCUT2D eigenvalue weighted by atomic mass is 79.9. The molecule has 0 radical (unpaired) electrons. The third-order valence-electron chi connectivity index (χ3n) is 2.75. The Bertz CT molecular complexity index is 644. The molecule has 96 valence electrons. The van der Waals surface area contributed by atoms with E-state index in [1.165, 1.54) is 6.39 Å². The molecular formula is C14H11BrN2O2. The van der Waals surface area contributed by atoms with E-state index in [0.717, 1.165) is 27.2 Å². The lowest BCUT2D eigenvalue weighted by atomic mass is 10.1. The van der Waals surface area contributed by atoms with Gasteiger partial charge in [0.25, 0.3) is 0 Å². The van der Waals surface area contributed by atoms with Crippen molar-refractivity contribution >= 4 is 21.6 Å². The number of benzene rings is 1. The quantitative estimate of drug-likeness (QED) is 0.778. The molecular weight excluding hydrogens is 308 g/mol. The number of nitrogens with zero attached hydrogens (tertiary/aromatic N) is 1. The Balaban J connectivity index is 1.68. The molecule has 3 aromatic rings. The van der Waals surface area contributed by atoms with E-state index in [-0.39, 0.29) is 0 Å². The van der Waals surface area contributed by atoms with Crippen LogP contribution in [0.3, 0.4) is 0 Å². The predicted octanol–water partition coefficient (Wildman–Crippen LogP) is 4.31. The molecule has 1 N–H and O–H groups in total. The summed E-state index contributed by atoms with van der Waals surface area (Å²) in [7, 11) is 0. The molecule has 2 heterocycles. The van der Waals surface area contributed by atoms with Gasteiger partial charge in [-0.15, -0.1) is 0 Å². The van der Waals surface area contributed by atoms with Gasteiger partial charge in [0.05, 0.1) is 23.5 Å². The average molecular weight is 319 g/mol. The Kier molecular flexibility index (Phi) is 3.37. The SMILES string of the molecule is Brc1ccoc1CNc1ccc(-c2cnco2)cc1. The molecule has 0 atom stereocenters. The van der Waals surface area contributed by atoms with Crippen LogP contribution in [-0.2, 0) is 6.54 Å². The van der Waals surface area contributed by atoms with Crippen LogP contribution in [0.1, 0.15) is 5.76 Å². The first kappa shape index (κ1) is 12.0. The van der Waals surface area contributed by atoms with Crippen molar-refractivity contribution in [3.05, 3.63) is 59.4 Å². The summed E-state index contributed by atoms with van der Waals surface area (Å²) in [5.74, 6) is 1.64. The molecule has 3 rings (SSSR count). The summed E-state index contributed by atoms with van der Waals surface area (Å²) in [6.45, 7) is 0.634. The van der Waals surface area contributed by atoms with E-state index in [1.54, 1.807) is 12.5 Å². The Labute approximate surface area is 118 Å². The monoisotopic (exact) mass is 318 g/mol. The molecule has 0 bridgehead atoms. The van der Waals surface area contributed by atoms with Gasteiger partial charge in [0, 0.05) is 11.3 Å². The van der Waals surface area contributed by atoms with Gasteiger partial charge in [-0.25, -0.2) is 4.98 Å². The maximum absolute atomic E-state index is 5.34. The maximum atomic E-state index is 5.34. The lowest BCUT2D eigenvalue weighted by Crippen LogP contribution is -1.98. The van der Waals surface area contributed by atoms with E-state index in [1.807, 2.05) is 30.3 Å². The molecule has 0 spiro atoms. The van der Waals surface area contributed by atoms with Gasteiger partial charge in [-0.3, -0.25) is 0 Å². The normalized spacial score (nSPS) is 10.6. The minimum absolute atomic E-state index is 0.634.